The Hall–Kier alpha value is -0.563. The van der Waals surface area contributed by atoms with E-state index in [9.17, 15) is 0 Å². The van der Waals surface area contributed by atoms with E-state index in [1.54, 1.807) is 38.5 Å². The van der Waals surface area contributed by atoms with Gasteiger partial charge in [-0.2, -0.15) is 0 Å². The van der Waals surface area contributed by atoms with Gasteiger partial charge in [0.2, 0.25) is 0 Å². The molecule has 0 amide bonds. The fourth-order valence-electron chi connectivity index (χ4n) is 7.17. The summed E-state index contributed by atoms with van der Waals surface area (Å²) in [5.41, 5.74) is 3.28. The molecule has 0 radical (unpaired) electrons. The molecule has 0 aromatic heterocycles. The highest BCUT2D eigenvalue weighted by molar-refractivity contribution is 6.95. The van der Waals surface area contributed by atoms with E-state index >= 15 is 0 Å². The lowest BCUT2D eigenvalue weighted by Gasteiger charge is -2.53. The zero-order valence-corrected chi connectivity index (χ0v) is 17.2. The van der Waals surface area contributed by atoms with Crippen LogP contribution in [0.15, 0.2) is 30.3 Å². The Morgan fingerprint density at radius 3 is 1.20 bits per heavy atom. The third-order valence-electron chi connectivity index (χ3n) is 8.12. The van der Waals surface area contributed by atoms with E-state index in [1.807, 2.05) is 5.19 Å². The van der Waals surface area contributed by atoms with E-state index in [2.05, 4.69) is 30.3 Å². The summed E-state index contributed by atoms with van der Waals surface area (Å²) in [5, 5.41) is 1.88. The van der Waals surface area contributed by atoms with Crippen LogP contribution in [0, 0.1) is 0 Å². The predicted octanol–water partition coefficient (Wildman–Crippen LogP) is 7.35. The van der Waals surface area contributed by atoms with Crippen LogP contribution in [0.2, 0.25) is 16.6 Å². The first-order chi connectivity index (χ1) is 12.4. The molecule has 3 saturated carbocycles. The third kappa shape index (κ3) is 3.50. The topological polar surface area (TPSA) is 0 Å². The number of rotatable bonds is 4. The van der Waals surface area contributed by atoms with E-state index in [0.717, 1.165) is 16.6 Å². The summed E-state index contributed by atoms with van der Waals surface area (Å²) in [6, 6.07) is 12.2. The molecule has 0 bridgehead atoms. The normalized spacial score (nSPS) is 25.1. The Balaban J connectivity index is 1.79. The van der Waals surface area contributed by atoms with E-state index in [1.165, 1.54) is 57.8 Å². The van der Waals surface area contributed by atoms with Crippen LogP contribution in [0.25, 0.3) is 0 Å². The largest absolute Gasteiger partial charge is 0.0958 e. The Morgan fingerprint density at radius 2 is 0.840 bits per heavy atom. The first-order valence-corrected chi connectivity index (χ1v) is 13.7. The molecular weight excluding hydrogens is 316 g/mol. The van der Waals surface area contributed by atoms with E-state index in [0.29, 0.717) is 0 Å². The lowest BCUT2D eigenvalue weighted by molar-refractivity contribution is 0.421. The second-order valence-corrected chi connectivity index (χ2v) is 14.2. The van der Waals surface area contributed by atoms with E-state index in [4.69, 9.17) is 0 Å². The van der Waals surface area contributed by atoms with Crippen molar-refractivity contribution in [3.05, 3.63) is 30.3 Å². The quantitative estimate of drug-likeness (QED) is 0.496. The smallest absolute Gasteiger partial charge is 0.0630 e. The zero-order valence-electron chi connectivity index (χ0n) is 16.2. The van der Waals surface area contributed by atoms with Gasteiger partial charge in [-0.15, -0.1) is 0 Å². The van der Waals surface area contributed by atoms with Crippen LogP contribution in [0.4, 0.5) is 0 Å². The van der Waals surface area contributed by atoms with E-state index < -0.39 is 8.07 Å². The Kier molecular flexibility index (Phi) is 6.00. The molecular formula is C24H38Si. The molecule has 3 fully saturated rings. The van der Waals surface area contributed by atoms with E-state index in [-0.39, 0.29) is 0 Å². The minimum Gasteiger partial charge on any atom is -0.0630 e. The molecule has 1 aromatic rings. The van der Waals surface area contributed by atoms with Gasteiger partial charge in [0.15, 0.2) is 0 Å². The van der Waals surface area contributed by atoms with Gasteiger partial charge in [-0.25, -0.2) is 0 Å². The van der Waals surface area contributed by atoms with Crippen molar-refractivity contribution in [3.63, 3.8) is 0 Å². The van der Waals surface area contributed by atoms with Crippen LogP contribution >= 0.6 is 0 Å². The summed E-state index contributed by atoms with van der Waals surface area (Å²) in [6.07, 6.45) is 23.0. The molecule has 3 aliphatic rings. The minimum atomic E-state index is -1.47. The van der Waals surface area contributed by atoms with Gasteiger partial charge < -0.3 is 0 Å². The summed E-state index contributed by atoms with van der Waals surface area (Å²) >= 11 is 0. The van der Waals surface area contributed by atoms with Crippen LogP contribution in [0.3, 0.4) is 0 Å². The molecule has 0 saturated heterocycles. The van der Waals surface area contributed by atoms with Crippen molar-refractivity contribution in [1.29, 1.82) is 0 Å². The minimum absolute atomic E-state index is 1.09. The maximum atomic E-state index is 2.59. The van der Waals surface area contributed by atoms with Crippen molar-refractivity contribution in [3.8, 4) is 0 Å². The number of benzene rings is 1. The molecule has 0 spiro atoms. The maximum Gasteiger partial charge on any atom is 0.0958 e. The van der Waals surface area contributed by atoms with Gasteiger partial charge in [-0.05, 0) is 16.6 Å². The standard InChI is InChI=1S/C24H38Si/c1-5-13-21(14-6-1)25(22-15-7-2-8-16-22,23-17-9-3-10-18-23)24-19-11-4-12-20-24/h1,5-6,13-14,22-24H,2-4,7-12,15-20H2. The summed E-state index contributed by atoms with van der Waals surface area (Å²) in [4.78, 5) is 0. The van der Waals surface area contributed by atoms with Crippen LogP contribution in [0.5, 0.6) is 0 Å². The summed E-state index contributed by atoms with van der Waals surface area (Å²) in [5.74, 6) is 0. The van der Waals surface area contributed by atoms with Crippen molar-refractivity contribution in [2.24, 2.45) is 0 Å². The predicted molar refractivity (Wildman–Crippen MR) is 112 cm³/mol. The molecule has 0 N–H and O–H groups in total. The fraction of sp³-hybridized carbons (Fsp3) is 0.750. The fourth-order valence-corrected chi connectivity index (χ4v) is 15.4. The zero-order chi connectivity index (χ0) is 17.0. The molecule has 1 heteroatoms. The number of hydrogen-bond donors (Lipinski definition) is 0. The monoisotopic (exact) mass is 354 g/mol. The van der Waals surface area contributed by atoms with Crippen molar-refractivity contribution < 1.29 is 0 Å². The van der Waals surface area contributed by atoms with Crippen LogP contribution in [-0.4, -0.2) is 8.07 Å². The summed E-state index contributed by atoms with van der Waals surface area (Å²) < 4.78 is 0. The van der Waals surface area contributed by atoms with Gasteiger partial charge in [-0.1, -0.05) is 132 Å². The second kappa shape index (κ2) is 8.42. The van der Waals surface area contributed by atoms with Crippen LogP contribution in [0.1, 0.15) is 96.3 Å². The molecule has 0 aliphatic heterocycles. The molecule has 0 unspecified atom stereocenters. The number of hydrogen-bond acceptors (Lipinski definition) is 0. The van der Waals surface area contributed by atoms with Gasteiger partial charge in [-0.3, -0.25) is 0 Å². The maximum absolute atomic E-state index is 2.59. The molecule has 1 aromatic carbocycles. The average Bonchev–Trinajstić information content (AvgIpc) is 2.72. The van der Waals surface area contributed by atoms with Gasteiger partial charge in [0, 0.05) is 0 Å². The van der Waals surface area contributed by atoms with Gasteiger partial charge in [0.25, 0.3) is 0 Å². The van der Waals surface area contributed by atoms with Crippen molar-refractivity contribution >= 4 is 13.3 Å². The molecule has 0 atom stereocenters. The summed E-state index contributed by atoms with van der Waals surface area (Å²) in [6.45, 7) is 0. The lowest BCUT2D eigenvalue weighted by Crippen LogP contribution is -2.60. The highest BCUT2D eigenvalue weighted by atomic mass is 28.3. The highest BCUT2D eigenvalue weighted by Crippen LogP contribution is 2.56. The Morgan fingerprint density at radius 1 is 0.480 bits per heavy atom. The molecule has 138 valence electrons. The molecule has 3 aliphatic carbocycles. The van der Waals surface area contributed by atoms with Crippen molar-refractivity contribution in [2.75, 3.05) is 0 Å². The van der Waals surface area contributed by atoms with Gasteiger partial charge >= 0.3 is 0 Å². The third-order valence-corrected chi connectivity index (χ3v) is 15.2. The van der Waals surface area contributed by atoms with Crippen LogP contribution < -0.4 is 5.19 Å². The van der Waals surface area contributed by atoms with Crippen LogP contribution in [-0.2, 0) is 0 Å². The lowest BCUT2D eigenvalue weighted by atomic mass is 9.98. The van der Waals surface area contributed by atoms with Gasteiger partial charge in [0.05, 0.1) is 8.07 Å². The Labute approximate surface area is 156 Å². The SMILES string of the molecule is c1ccc([Si](C2CCCCC2)(C2CCCCC2)C2CCCCC2)cc1. The van der Waals surface area contributed by atoms with Gasteiger partial charge in [0.1, 0.15) is 0 Å². The molecule has 0 heterocycles. The first kappa shape index (κ1) is 17.8. The summed E-state index contributed by atoms with van der Waals surface area (Å²) in [7, 11) is -1.47. The molecule has 4 rings (SSSR count). The molecule has 0 nitrogen and oxygen atoms in total. The second-order valence-electron chi connectivity index (χ2n) is 9.30. The Bertz CT molecular complexity index is 459. The highest BCUT2D eigenvalue weighted by Gasteiger charge is 2.53. The first-order valence-electron chi connectivity index (χ1n) is 11.5. The molecule has 25 heavy (non-hydrogen) atoms. The van der Waals surface area contributed by atoms with Crippen molar-refractivity contribution in [1.82, 2.24) is 0 Å². The van der Waals surface area contributed by atoms with Crippen molar-refractivity contribution in [2.45, 2.75) is 113 Å². The average molecular weight is 355 g/mol.